The Kier molecular flexibility index (Phi) is 3.42. The van der Waals surface area contributed by atoms with Crippen molar-refractivity contribution in [3.63, 3.8) is 0 Å². The standard InChI is InChI=1S/C13H14N6O/c14-4-5-20-10-3-1-2-9(6-10)19-13-11-12(16-7-15-11)17-8-18-13/h1-3,6-8H,4-5,14H2,(H2,15,16,17,18,19). The Morgan fingerprint density at radius 3 is 3.10 bits per heavy atom. The molecule has 0 bridgehead atoms. The lowest BCUT2D eigenvalue weighted by atomic mass is 10.3. The lowest BCUT2D eigenvalue weighted by Crippen LogP contribution is -2.10. The Morgan fingerprint density at radius 2 is 2.20 bits per heavy atom. The van der Waals surface area contributed by atoms with Crippen LogP contribution in [0, 0.1) is 0 Å². The van der Waals surface area contributed by atoms with Crippen molar-refractivity contribution in [3.8, 4) is 5.75 Å². The number of nitrogens with zero attached hydrogens (tertiary/aromatic N) is 3. The second kappa shape index (κ2) is 5.54. The van der Waals surface area contributed by atoms with Crippen molar-refractivity contribution >= 4 is 22.7 Å². The highest BCUT2D eigenvalue weighted by molar-refractivity contribution is 5.84. The van der Waals surface area contributed by atoms with Gasteiger partial charge in [-0.15, -0.1) is 0 Å². The fourth-order valence-electron chi connectivity index (χ4n) is 1.84. The molecule has 7 heteroatoms. The van der Waals surface area contributed by atoms with E-state index in [0.717, 1.165) is 17.0 Å². The van der Waals surface area contributed by atoms with Gasteiger partial charge in [0.1, 0.15) is 24.2 Å². The number of anilines is 2. The number of hydrogen-bond donors (Lipinski definition) is 3. The summed E-state index contributed by atoms with van der Waals surface area (Å²) in [7, 11) is 0. The van der Waals surface area contributed by atoms with Gasteiger partial charge in [-0.3, -0.25) is 0 Å². The Balaban J connectivity index is 1.85. The zero-order valence-corrected chi connectivity index (χ0v) is 10.7. The summed E-state index contributed by atoms with van der Waals surface area (Å²) < 4.78 is 5.49. The normalized spacial score (nSPS) is 10.7. The number of benzene rings is 1. The number of H-pyrrole nitrogens is 1. The van der Waals surface area contributed by atoms with Crippen LogP contribution in [-0.4, -0.2) is 33.1 Å². The van der Waals surface area contributed by atoms with Crippen LogP contribution in [0.25, 0.3) is 11.2 Å². The first-order valence-electron chi connectivity index (χ1n) is 6.21. The zero-order chi connectivity index (χ0) is 13.8. The molecule has 0 radical (unpaired) electrons. The van der Waals surface area contributed by atoms with Crippen molar-refractivity contribution in [2.75, 3.05) is 18.5 Å². The van der Waals surface area contributed by atoms with Crippen LogP contribution in [-0.2, 0) is 0 Å². The minimum absolute atomic E-state index is 0.484. The van der Waals surface area contributed by atoms with Gasteiger partial charge in [0.2, 0.25) is 0 Å². The van der Waals surface area contributed by atoms with Gasteiger partial charge in [0.05, 0.1) is 6.33 Å². The molecule has 2 heterocycles. The molecular weight excluding hydrogens is 256 g/mol. The largest absolute Gasteiger partial charge is 0.492 e. The highest BCUT2D eigenvalue weighted by atomic mass is 16.5. The second-order valence-electron chi connectivity index (χ2n) is 4.11. The monoisotopic (exact) mass is 270 g/mol. The minimum atomic E-state index is 0.484. The maximum atomic E-state index is 5.49. The van der Waals surface area contributed by atoms with E-state index in [1.165, 1.54) is 6.33 Å². The van der Waals surface area contributed by atoms with Crippen molar-refractivity contribution in [1.82, 2.24) is 19.9 Å². The molecule has 0 aliphatic rings. The van der Waals surface area contributed by atoms with Crippen LogP contribution in [0.2, 0.25) is 0 Å². The van der Waals surface area contributed by atoms with E-state index >= 15 is 0 Å². The molecule has 0 fully saturated rings. The van der Waals surface area contributed by atoms with Gasteiger partial charge in [-0.1, -0.05) is 6.07 Å². The van der Waals surface area contributed by atoms with Crippen LogP contribution in [0.5, 0.6) is 5.75 Å². The Hall–Kier alpha value is -2.67. The lowest BCUT2D eigenvalue weighted by molar-refractivity contribution is 0.328. The summed E-state index contributed by atoms with van der Waals surface area (Å²) in [6.45, 7) is 0.972. The fraction of sp³-hybridized carbons (Fsp3) is 0.154. The average molecular weight is 270 g/mol. The number of nitrogens with one attached hydrogen (secondary N) is 2. The van der Waals surface area contributed by atoms with Crippen molar-refractivity contribution < 1.29 is 4.74 Å². The van der Waals surface area contributed by atoms with Crippen LogP contribution in [0.15, 0.2) is 36.9 Å². The quantitative estimate of drug-likeness (QED) is 0.648. The molecule has 102 valence electrons. The zero-order valence-electron chi connectivity index (χ0n) is 10.7. The predicted molar refractivity (Wildman–Crippen MR) is 76.0 cm³/mol. The summed E-state index contributed by atoms with van der Waals surface area (Å²) in [5.41, 5.74) is 7.68. The first-order valence-corrected chi connectivity index (χ1v) is 6.21. The molecule has 1 aromatic carbocycles. The predicted octanol–water partition coefficient (Wildman–Crippen LogP) is 1.43. The summed E-state index contributed by atoms with van der Waals surface area (Å²) in [6.07, 6.45) is 3.06. The number of ether oxygens (including phenoxy) is 1. The summed E-state index contributed by atoms with van der Waals surface area (Å²) in [4.78, 5) is 15.4. The molecule has 0 aliphatic carbocycles. The van der Waals surface area contributed by atoms with E-state index in [-0.39, 0.29) is 0 Å². The molecule has 0 atom stereocenters. The highest BCUT2D eigenvalue weighted by Crippen LogP contribution is 2.23. The van der Waals surface area contributed by atoms with E-state index in [9.17, 15) is 0 Å². The fourth-order valence-corrected chi connectivity index (χ4v) is 1.84. The van der Waals surface area contributed by atoms with Gasteiger partial charge < -0.3 is 20.8 Å². The molecule has 0 saturated carbocycles. The van der Waals surface area contributed by atoms with Crippen molar-refractivity contribution in [1.29, 1.82) is 0 Å². The number of imidazole rings is 1. The number of hydrogen-bond acceptors (Lipinski definition) is 6. The molecule has 0 unspecified atom stereocenters. The number of fused-ring (bicyclic) bond motifs is 1. The SMILES string of the molecule is NCCOc1cccc(Nc2ncnc3nc[nH]c23)c1. The van der Waals surface area contributed by atoms with Crippen LogP contribution in [0.3, 0.4) is 0 Å². The average Bonchev–Trinajstić information content (AvgIpc) is 2.95. The molecule has 4 N–H and O–H groups in total. The van der Waals surface area contributed by atoms with Crippen LogP contribution < -0.4 is 15.8 Å². The molecule has 3 rings (SSSR count). The molecule has 20 heavy (non-hydrogen) atoms. The van der Waals surface area contributed by atoms with Crippen molar-refractivity contribution in [2.24, 2.45) is 5.73 Å². The number of aromatic amines is 1. The number of aromatic nitrogens is 4. The summed E-state index contributed by atoms with van der Waals surface area (Å²) in [5, 5.41) is 3.22. The van der Waals surface area contributed by atoms with Gasteiger partial charge in [0.25, 0.3) is 0 Å². The Labute approximate surface area is 115 Å². The highest BCUT2D eigenvalue weighted by Gasteiger charge is 2.06. The van der Waals surface area contributed by atoms with Crippen molar-refractivity contribution in [3.05, 3.63) is 36.9 Å². The smallest absolute Gasteiger partial charge is 0.182 e. The third kappa shape index (κ3) is 2.52. The van der Waals surface area contributed by atoms with E-state index in [0.29, 0.717) is 24.6 Å². The molecular formula is C13H14N6O. The lowest BCUT2D eigenvalue weighted by Gasteiger charge is -2.09. The second-order valence-corrected chi connectivity index (χ2v) is 4.11. The first kappa shape index (κ1) is 12.4. The molecule has 0 aliphatic heterocycles. The van der Waals surface area contributed by atoms with E-state index in [1.54, 1.807) is 6.33 Å². The molecule has 7 nitrogen and oxygen atoms in total. The number of nitrogens with two attached hydrogens (primary N) is 1. The topological polar surface area (TPSA) is 102 Å². The third-order valence-electron chi connectivity index (χ3n) is 2.71. The Bertz CT molecular complexity index is 711. The van der Waals surface area contributed by atoms with E-state index in [4.69, 9.17) is 10.5 Å². The maximum absolute atomic E-state index is 5.49. The van der Waals surface area contributed by atoms with Gasteiger partial charge in [-0.2, -0.15) is 0 Å². The molecule has 0 amide bonds. The van der Waals surface area contributed by atoms with Gasteiger partial charge in [-0.25, -0.2) is 15.0 Å². The van der Waals surface area contributed by atoms with Crippen molar-refractivity contribution in [2.45, 2.75) is 0 Å². The summed E-state index contributed by atoms with van der Waals surface area (Å²) >= 11 is 0. The first-order chi connectivity index (χ1) is 9.86. The maximum Gasteiger partial charge on any atom is 0.182 e. The molecule has 3 aromatic rings. The van der Waals surface area contributed by atoms with E-state index in [1.807, 2.05) is 24.3 Å². The van der Waals surface area contributed by atoms with Crippen LogP contribution in [0.4, 0.5) is 11.5 Å². The molecule has 0 spiro atoms. The summed E-state index contributed by atoms with van der Waals surface area (Å²) in [5.74, 6) is 1.43. The number of rotatable bonds is 5. The molecule has 2 aromatic heterocycles. The Morgan fingerprint density at radius 1 is 1.25 bits per heavy atom. The third-order valence-corrected chi connectivity index (χ3v) is 2.71. The van der Waals surface area contributed by atoms with Crippen LogP contribution in [0.1, 0.15) is 0 Å². The van der Waals surface area contributed by atoms with Gasteiger partial charge in [0.15, 0.2) is 11.5 Å². The summed E-state index contributed by atoms with van der Waals surface area (Å²) in [6, 6.07) is 7.60. The van der Waals surface area contributed by atoms with Gasteiger partial charge in [0, 0.05) is 18.3 Å². The van der Waals surface area contributed by atoms with Gasteiger partial charge >= 0.3 is 0 Å². The van der Waals surface area contributed by atoms with Crippen LogP contribution >= 0.6 is 0 Å². The van der Waals surface area contributed by atoms with E-state index in [2.05, 4.69) is 25.3 Å². The minimum Gasteiger partial charge on any atom is -0.492 e. The van der Waals surface area contributed by atoms with E-state index < -0.39 is 0 Å². The van der Waals surface area contributed by atoms with Gasteiger partial charge in [-0.05, 0) is 12.1 Å². The molecule has 0 saturated heterocycles.